The largest absolute Gasteiger partial charge is 0.327 e. The van der Waals surface area contributed by atoms with Crippen molar-refractivity contribution in [2.24, 2.45) is 11.7 Å². The Kier molecular flexibility index (Phi) is 3.22. The third kappa shape index (κ3) is 2.08. The molecule has 2 unspecified atom stereocenters. The molecule has 2 rings (SSSR count). The van der Waals surface area contributed by atoms with Gasteiger partial charge in [0, 0.05) is 6.04 Å². The third-order valence-corrected chi connectivity index (χ3v) is 3.76. The van der Waals surface area contributed by atoms with Crippen molar-refractivity contribution in [3.63, 3.8) is 0 Å². The summed E-state index contributed by atoms with van der Waals surface area (Å²) < 4.78 is 0. The van der Waals surface area contributed by atoms with E-state index < -0.39 is 0 Å². The second-order valence-corrected chi connectivity index (χ2v) is 4.88. The number of hydrogen-bond donors (Lipinski definition) is 2. The van der Waals surface area contributed by atoms with E-state index in [1.165, 1.54) is 11.3 Å². The lowest BCUT2D eigenvalue weighted by atomic mass is 10.0. The quantitative estimate of drug-likeness (QED) is 0.818. The molecule has 0 aromatic carbocycles. The molecule has 1 aliphatic rings. The standard InChI is InChI=1S/C11H13N3OS/c12-6-7-4-5-16-11(7)14-10(15)8-2-1-3-9(8)13/h4-5,8-9H,1-3,13H2,(H,14,15). The van der Waals surface area contributed by atoms with Crippen molar-refractivity contribution in [3.8, 4) is 6.07 Å². The third-order valence-electron chi connectivity index (χ3n) is 2.93. The number of nitrogens with two attached hydrogens (primary N) is 1. The SMILES string of the molecule is N#Cc1ccsc1NC(=O)C1CCCC1N. The summed E-state index contributed by atoms with van der Waals surface area (Å²) in [5.41, 5.74) is 6.38. The zero-order chi connectivity index (χ0) is 11.5. The number of anilines is 1. The van der Waals surface area contributed by atoms with E-state index in [4.69, 9.17) is 11.0 Å². The maximum absolute atomic E-state index is 11.9. The van der Waals surface area contributed by atoms with Crippen LogP contribution in [0.5, 0.6) is 0 Å². The molecule has 5 heteroatoms. The molecule has 1 fully saturated rings. The fourth-order valence-corrected chi connectivity index (χ4v) is 2.75. The van der Waals surface area contributed by atoms with Crippen molar-refractivity contribution < 1.29 is 4.79 Å². The molecule has 0 radical (unpaired) electrons. The lowest BCUT2D eigenvalue weighted by Gasteiger charge is -2.14. The topological polar surface area (TPSA) is 78.9 Å². The highest BCUT2D eigenvalue weighted by Crippen LogP contribution is 2.28. The number of nitriles is 1. The number of hydrogen-bond acceptors (Lipinski definition) is 4. The minimum Gasteiger partial charge on any atom is -0.327 e. The monoisotopic (exact) mass is 235 g/mol. The zero-order valence-electron chi connectivity index (χ0n) is 8.77. The highest BCUT2D eigenvalue weighted by atomic mass is 32.1. The van der Waals surface area contributed by atoms with Crippen molar-refractivity contribution in [2.45, 2.75) is 25.3 Å². The Bertz CT molecular complexity index is 435. The normalized spacial score (nSPS) is 24.0. The summed E-state index contributed by atoms with van der Waals surface area (Å²) in [6.45, 7) is 0. The second kappa shape index (κ2) is 4.64. The van der Waals surface area contributed by atoms with Crippen molar-refractivity contribution in [1.82, 2.24) is 0 Å². The van der Waals surface area contributed by atoms with E-state index in [2.05, 4.69) is 5.32 Å². The first-order valence-electron chi connectivity index (χ1n) is 5.26. The molecule has 0 saturated heterocycles. The fourth-order valence-electron chi connectivity index (χ4n) is 2.01. The molecule has 0 bridgehead atoms. The van der Waals surface area contributed by atoms with Crippen LogP contribution in [0.1, 0.15) is 24.8 Å². The first-order valence-corrected chi connectivity index (χ1v) is 6.14. The van der Waals surface area contributed by atoms with Crippen LogP contribution in [-0.2, 0) is 4.79 Å². The van der Waals surface area contributed by atoms with E-state index in [9.17, 15) is 4.79 Å². The van der Waals surface area contributed by atoms with E-state index in [1.807, 2.05) is 6.07 Å². The van der Waals surface area contributed by atoms with Gasteiger partial charge in [-0.3, -0.25) is 4.79 Å². The zero-order valence-corrected chi connectivity index (χ0v) is 9.59. The van der Waals surface area contributed by atoms with Gasteiger partial charge < -0.3 is 11.1 Å². The van der Waals surface area contributed by atoms with Crippen LogP contribution >= 0.6 is 11.3 Å². The van der Waals surface area contributed by atoms with E-state index in [0.717, 1.165) is 19.3 Å². The first-order chi connectivity index (χ1) is 7.72. The Labute approximate surface area is 98.1 Å². The van der Waals surface area contributed by atoms with Gasteiger partial charge in [0.05, 0.1) is 11.5 Å². The molecule has 84 valence electrons. The van der Waals surface area contributed by atoms with Crippen molar-refractivity contribution >= 4 is 22.2 Å². The summed E-state index contributed by atoms with van der Waals surface area (Å²) in [5, 5.41) is 14.0. The second-order valence-electron chi connectivity index (χ2n) is 3.97. The Hall–Kier alpha value is -1.38. The van der Waals surface area contributed by atoms with Gasteiger partial charge in [0.25, 0.3) is 0 Å². The minimum absolute atomic E-state index is 0.0366. The van der Waals surface area contributed by atoms with Crippen LogP contribution in [0, 0.1) is 17.2 Å². The fraction of sp³-hybridized carbons (Fsp3) is 0.455. The summed E-state index contributed by atoms with van der Waals surface area (Å²) in [7, 11) is 0. The van der Waals surface area contributed by atoms with Gasteiger partial charge in [0.1, 0.15) is 11.1 Å². The minimum atomic E-state index is -0.103. The number of rotatable bonds is 2. The molecular weight excluding hydrogens is 222 g/mol. The summed E-state index contributed by atoms with van der Waals surface area (Å²) in [4.78, 5) is 11.9. The molecule has 4 nitrogen and oxygen atoms in total. The van der Waals surface area contributed by atoms with Gasteiger partial charge in [0.15, 0.2) is 0 Å². The molecule has 1 aromatic heterocycles. The van der Waals surface area contributed by atoms with E-state index in [0.29, 0.717) is 10.6 Å². The Morgan fingerprint density at radius 1 is 1.62 bits per heavy atom. The molecule has 1 heterocycles. The van der Waals surface area contributed by atoms with Crippen LogP contribution in [-0.4, -0.2) is 11.9 Å². The van der Waals surface area contributed by atoms with Gasteiger partial charge in [-0.05, 0) is 24.3 Å². The average Bonchev–Trinajstić information content (AvgIpc) is 2.86. The van der Waals surface area contributed by atoms with Crippen LogP contribution < -0.4 is 11.1 Å². The highest BCUT2D eigenvalue weighted by Gasteiger charge is 2.30. The van der Waals surface area contributed by atoms with Crippen molar-refractivity contribution in [2.75, 3.05) is 5.32 Å². The Balaban J connectivity index is 2.05. The Morgan fingerprint density at radius 2 is 2.44 bits per heavy atom. The highest BCUT2D eigenvalue weighted by molar-refractivity contribution is 7.14. The molecular formula is C11H13N3OS. The number of carbonyl (C=O) groups is 1. The Morgan fingerprint density at radius 3 is 3.06 bits per heavy atom. The maximum Gasteiger partial charge on any atom is 0.229 e. The number of amides is 1. The maximum atomic E-state index is 11.9. The van der Waals surface area contributed by atoms with Gasteiger partial charge in [-0.2, -0.15) is 5.26 Å². The van der Waals surface area contributed by atoms with Gasteiger partial charge in [-0.1, -0.05) is 6.42 Å². The van der Waals surface area contributed by atoms with Gasteiger partial charge in [-0.15, -0.1) is 11.3 Å². The van der Waals surface area contributed by atoms with Crippen LogP contribution in [0.3, 0.4) is 0 Å². The summed E-state index contributed by atoms with van der Waals surface area (Å²) in [6, 6.07) is 3.71. The van der Waals surface area contributed by atoms with Crippen LogP contribution in [0.15, 0.2) is 11.4 Å². The number of thiophene rings is 1. The summed E-state index contributed by atoms with van der Waals surface area (Å²) in [5.74, 6) is -0.155. The lowest BCUT2D eigenvalue weighted by Crippen LogP contribution is -2.34. The molecule has 1 aromatic rings. The van der Waals surface area contributed by atoms with E-state index in [1.54, 1.807) is 11.4 Å². The van der Waals surface area contributed by atoms with Gasteiger partial charge >= 0.3 is 0 Å². The lowest BCUT2D eigenvalue weighted by molar-refractivity contribution is -0.120. The molecule has 16 heavy (non-hydrogen) atoms. The predicted molar refractivity (Wildman–Crippen MR) is 63.0 cm³/mol. The molecule has 0 spiro atoms. The van der Waals surface area contributed by atoms with Crippen molar-refractivity contribution in [3.05, 3.63) is 17.0 Å². The first kappa shape index (κ1) is 11.1. The molecule has 3 N–H and O–H groups in total. The molecule has 1 aliphatic carbocycles. The van der Waals surface area contributed by atoms with Gasteiger partial charge in [-0.25, -0.2) is 0 Å². The average molecular weight is 235 g/mol. The van der Waals surface area contributed by atoms with Crippen LogP contribution in [0.2, 0.25) is 0 Å². The molecule has 0 aliphatic heterocycles. The number of nitrogens with zero attached hydrogens (tertiary/aromatic N) is 1. The molecule has 1 saturated carbocycles. The van der Waals surface area contributed by atoms with Crippen molar-refractivity contribution in [1.29, 1.82) is 5.26 Å². The number of nitrogens with one attached hydrogen (secondary N) is 1. The van der Waals surface area contributed by atoms with E-state index in [-0.39, 0.29) is 17.9 Å². The summed E-state index contributed by atoms with van der Waals surface area (Å²) in [6.07, 6.45) is 2.77. The van der Waals surface area contributed by atoms with E-state index >= 15 is 0 Å². The molecule has 1 amide bonds. The van der Waals surface area contributed by atoms with Crippen LogP contribution in [0.4, 0.5) is 5.00 Å². The number of carbonyl (C=O) groups excluding carboxylic acids is 1. The molecule has 2 atom stereocenters. The smallest absolute Gasteiger partial charge is 0.229 e. The predicted octanol–water partition coefficient (Wildman–Crippen LogP) is 1.69. The van der Waals surface area contributed by atoms with Gasteiger partial charge in [0.2, 0.25) is 5.91 Å². The van der Waals surface area contributed by atoms with Crippen LogP contribution in [0.25, 0.3) is 0 Å². The summed E-state index contributed by atoms with van der Waals surface area (Å²) >= 11 is 1.37.